The predicted molar refractivity (Wildman–Crippen MR) is 76.3 cm³/mol. The molecule has 1 saturated carbocycles. The van der Waals surface area contributed by atoms with Crippen molar-refractivity contribution in [3.63, 3.8) is 0 Å². The Morgan fingerprint density at radius 3 is 2.33 bits per heavy atom. The van der Waals surface area contributed by atoms with E-state index in [-0.39, 0.29) is 29.8 Å². The van der Waals surface area contributed by atoms with Gasteiger partial charge in [-0.2, -0.15) is 4.31 Å². The number of hydrogen-bond acceptors (Lipinski definition) is 5. The summed E-state index contributed by atoms with van der Waals surface area (Å²) in [5.74, 6) is 0. The van der Waals surface area contributed by atoms with Crippen LogP contribution in [0.25, 0.3) is 0 Å². The van der Waals surface area contributed by atoms with Crippen molar-refractivity contribution < 1.29 is 18.4 Å². The van der Waals surface area contributed by atoms with Crippen LogP contribution >= 0.6 is 0 Å². The summed E-state index contributed by atoms with van der Waals surface area (Å²) in [7, 11) is -3.68. The highest BCUT2D eigenvalue weighted by atomic mass is 32.2. The van der Waals surface area contributed by atoms with Crippen LogP contribution in [-0.2, 0) is 10.0 Å². The molecule has 1 fully saturated rings. The van der Waals surface area contributed by atoms with E-state index < -0.39 is 14.9 Å². The number of nitro benzene ring substituents is 1. The first-order valence-electron chi connectivity index (χ1n) is 6.84. The molecule has 0 saturated heterocycles. The standard InChI is InChI=1S/C13H18N2O5S/c16-10-2-9-14(11-3-1-4-11)21(19,20)13-7-5-12(6-8-13)15(17)18/h5-8,11,16H,1-4,9-10H2. The van der Waals surface area contributed by atoms with Crippen LogP contribution in [0.4, 0.5) is 5.69 Å². The molecule has 7 nitrogen and oxygen atoms in total. The smallest absolute Gasteiger partial charge is 0.269 e. The summed E-state index contributed by atoms with van der Waals surface area (Å²) >= 11 is 0. The van der Waals surface area contributed by atoms with E-state index in [1.165, 1.54) is 28.6 Å². The van der Waals surface area contributed by atoms with Gasteiger partial charge in [-0.3, -0.25) is 10.1 Å². The van der Waals surface area contributed by atoms with E-state index in [1.807, 2.05) is 0 Å². The number of aliphatic hydroxyl groups excluding tert-OH is 1. The Morgan fingerprint density at radius 1 is 1.29 bits per heavy atom. The zero-order valence-corrected chi connectivity index (χ0v) is 12.3. The second kappa shape index (κ2) is 6.50. The van der Waals surface area contributed by atoms with Crippen molar-refractivity contribution in [2.75, 3.05) is 13.2 Å². The molecule has 0 amide bonds. The minimum absolute atomic E-state index is 0.0308. The predicted octanol–water partition coefficient (Wildman–Crippen LogP) is 1.52. The lowest BCUT2D eigenvalue weighted by Gasteiger charge is -2.36. The molecule has 21 heavy (non-hydrogen) atoms. The van der Waals surface area contributed by atoms with Crippen molar-refractivity contribution in [2.24, 2.45) is 0 Å². The number of sulfonamides is 1. The first kappa shape index (κ1) is 15.9. The van der Waals surface area contributed by atoms with Gasteiger partial charge >= 0.3 is 0 Å². The van der Waals surface area contributed by atoms with Crippen LogP contribution in [0.1, 0.15) is 25.7 Å². The van der Waals surface area contributed by atoms with Crippen LogP contribution in [0.3, 0.4) is 0 Å². The van der Waals surface area contributed by atoms with Crippen molar-refractivity contribution in [3.05, 3.63) is 34.4 Å². The summed E-state index contributed by atoms with van der Waals surface area (Å²) in [6.07, 6.45) is 3.01. The van der Waals surface area contributed by atoms with Crippen molar-refractivity contribution in [1.29, 1.82) is 0 Å². The van der Waals surface area contributed by atoms with Gasteiger partial charge in [-0.05, 0) is 31.4 Å². The summed E-state index contributed by atoms with van der Waals surface area (Å²) < 4.78 is 26.7. The van der Waals surface area contributed by atoms with Gasteiger partial charge in [0, 0.05) is 31.3 Å². The SMILES string of the molecule is O=[N+]([O-])c1ccc(S(=O)(=O)N(CCCO)C2CCC2)cc1. The molecular weight excluding hydrogens is 296 g/mol. The molecule has 1 aliphatic carbocycles. The monoisotopic (exact) mass is 314 g/mol. The fraction of sp³-hybridized carbons (Fsp3) is 0.538. The topological polar surface area (TPSA) is 101 Å². The van der Waals surface area contributed by atoms with E-state index in [4.69, 9.17) is 5.11 Å². The van der Waals surface area contributed by atoms with Gasteiger partial charge in [0.05, 0.1) is 9.82 Å². The molecule has 116 valence electrons. The molecule has 1 aliphatic rings. The highest BCUT2D eigenvalue weighted by Gasteiger charge is 2.34. The van der Waals surface area contributed by atoms with Crippen LogP contribution in [0.2, 0.25) is 0 Å². The number of aliphatic hydroxyl groups is 1. The third kappa shape index (κ3) is 3.39. The van der Waals surface area contributed by atoms with Crippen LogP contribution in [0, 0.1) is 10.1 Å². The Morgan fingerprint density at radius 2 is 1.90 bits per heavy atom. The van der Waals surface area contributed by atoms with E-state index in [0.717, 1.165) is 19.3 Å². The molecule has 1 aromatic carbocycles. The molecular formula is C13H18N2O5S. The van der Waals surface area contributed by atoms with E-state index in [0.29, 0.717) is 6.42 Å². The third-order valence-electron chi connectivity index (χ3n) is 3.67. The molecule has 1 aromatic rings. The summed E-state index contributed by atoms with van der Waals surface area (Å²) in [5.41, 5.74) is -0.139. The maximum atomic E-state index is 12.6. The Kier molecular flexibility index (Phi) is 4.92. The quantitative estimate of drug-likeness (QED) is 0.607. The average Bonchev–Trinajstić information content (AvgIpc) is 2.41. The number of nitro groups is 1. The maximum absolute atomic E-state index is 12.6. The molecule has 0 unspecified atom stereocenters. The van der Waals surface area contributed by atoms with Gasteiger partial charge in [-0.1, -0.05) is 6.42 Å². The lowest BCUT2D eigenvalue weighted by Crippen LogP contribution is -2.44. The van der Waals surface area contributed by atoms with Gasteiger partial charge in [0.2, 0.25) is 10.0 Å². The molecule has 8 heteroatoms. The second-order valence-corrected chi connectivity index (χ2v) is 6.92. The Balaban J connectivity index is 2.26. The van der Waals surface area contributed by atoms with Crippen molar-refractivity contribution in [3.8, 4) is 0 Å². The normalized spacial score (nSPS) is 15.9. The van der Waals surface area contributed by atoms with Crippen LogP contribution in [0.5, 0.6) is 0 Å². The van der Waals surface area contributed by atoms with E-state index >= 15 is 0 Å². The second-order valence-electron chi connectivity index (χ2n) is 5.03. The van der Waals surface area contributed by atoms with Crippen LogP contribution < -0.4 is 0 Å². The van der Waals surface area contributed by atoms with E-state index in [1.54, 1.807) is 0 Å². The molecule has 0 spiro atoms. The van der Waals surface area contributed by atoms with Gasteiger partial charge in [0.1, 0.15) is 0 Å². The molecule has 0 aliphatic heterocycles. The van der Waals surface area contributed by atoms with Gasteiger partial charge in [-0.25, -0.2) is 8.42 Å². The van der Waals surface area contributed by atoms with Gasteiger partial charge in [0.25, 0.3) is 5.69 Å². The molecule has 1 N–H and O–H groups in total. The lowest BCUT2D eigenvalue weighted by atomic mass is 9.93. The van der Waals surface area contributed by atoms with Gasteiger partial charge < -0.3 is 5.11 Å². The first-order valence-corrected chi connectivity index (χ1v) is 8.28. The Bertz CT molecular complexity index is 595. The van der Waals surface area contributed by atoms with Crippen molar-refractivity contribution in [2.45, 2.75) is 36.6 Å². The maximum Gasteiger partial charge on any atom is 0.269 e. The molecule has 0 aromatic heterocycles. The van der Waals surface area contributed by atoms with E-state index in [2.05, 4.69) is 0 Å². The molecule has 0 heterocycles. The highest BCUT2D eigenvalue weighted by Crippen LogP contribution is 2.30. The number of nitrogens with zero attached hydrogens (tertiary/aromatic N) is 2. The molecule has 0 bridgehead atoms. The zero-order valence-electron chi connectivity index (χ0n) is 11.5. The summed E-state index contributed by atoms with van der Waals surface area (Å²) in [5, 5.41) is 19.5. The summed E-state index contributed by atoms with van der Waals surface area (Å²) in [6.45, 7) is 0.194. The number of non-ortho nitro benzene ring substituents is 1. The lowest BCUT2D eigenvalue weighted by molar-refractivity contribution is -0.384. The largest absolute Gasteiger partial charge is 0.396 e. The molecule has 2 rings (SSSR count). The van der Waals surface area contributed by atoms with Crippen molar-refractivity contribution in [1.82, 2.24) is 4.31 Å². The minimum atomic E-state index is -3.68. The average molecular weight is 314 g/mol. The number of benzene rings is 1. The highest BCUT2D eigenvalue weighted by molar-refractivity contribution is 7.89. The number of hydrogen-bond donors (Lipinski definition) is 1. The number of rotatable bonds is 7. The summed E-state index contributed by atoms with van der Waals surface area (Å²) in [4.78, 5) is 10.1. The van der Waals surface area contributed by atoms with Gasteiger partial charge in [-0.15, -0.1) is 0 Å². The molecule has 0 radical (unpaired) electrons. The Labute approximate surface area is 123 Å². The van der Waals surface area contributed by atoms with Gasteiger partial charge in [0.15, 0.2) is 0 Å². The van der Waals surface area contributed by atoms with E-state index in [9.17, 15) is 18.5 Å². The summed E-state index contributed by atoms with van der Waals surface area (Å²) in [6, 6.07) is 4.88. The fourth-order valence-corrected chi connectivity index (χ4v) is 4.00. The fourth-order valence-electron chi connectivity index (χ4n) is 2.28. The third-order valence-corrected chi connectivity index (χ3v) is 5.64. The minimum Gasteiger partial charge on any atom is -0.396 e. The molecule has 0 atom stereocenters. The van der Waals surface area contributed by atoms with Crippen LogP contribution in [-0.4, -0.2) is 41.9 Å². The van der Waals surface area contributed by atoms with Crippen molar-refractivity contribution >= 4 is 15.7 Å². The first-order chi connectivity index (χ1) is 9.96. The Hall–Kier alpha value is -1.51. The zero-order chi connectivity index (χ0) is 15.5. The van der Waals surface area contributed by atoms with Crippen LogP contribution in [0.15, 0.2) is 29.2 Å².